The molecule has 1 rings (SSSR count). The van der Waals surface area contributed by atoms with Crippen LogP contribution < -0.4 is 5.32 Å². The third kappa shape index (κ3) is 5.13. The molecular formula is C15H23N. The van der Waals surface area contributed by atoms with Gasteiger partial charge in [0.25, 0.3) is 0 Å². The van der Waals surface area contributed by atoms with E-state index in [4.69, 9.17) is 0 Å². The molecule has 1 nitrogen and oxygen atoms in total. The Labute approximate surface area is 99.6 Å². The first-order valence-corrected chi connectivity index (χ1v) is 6.12. The molecule has 1 aromatic rings. The third-order valence-electron chi connectivity index (χ3n) is 2.82. The van der Waals surface area contributed by atoms with E-state index in [-0.39, 0.29) is 0 Å². The van der Waals surface area contributed by atoms with Gasteiger partial charge >= 0.3 is 0 Å². The van der Waals surface area contributed by atoms with Crippen LogP contribution in [0.1, 0.15) is 37.3 Å². The Morgan fingerprint density at radius 2 is 2.00 bits per heavy atom. The molecule has 1 heteroatoms. The lowest BCUT2D eigenvalue weighted by Crippen LogP contribution is -2.25. The summed E-state index contributed by atoms with van der Waals surface area (Å²) in [6, 6.07) is 9.30. The van der Waals surface area contributed by atoms with Gasteiger partial charge in [0.15, 0.2) is 0 Å². The van der Waals surface area contributed by atoms with E-state index in [0.29, 0.717) is 6.04 Å². The van der Waals surface area contributed by atoms with Crippen molar-refractivity contribution in [2.75, 3.05) is 0 Å². The minimum absolute atomic E-state index is 0.584. The molecule has 0 radical (unpaired) electrons. The van der Waals surface area contributed by atoms with E-state index in [9.17, 15) is 0 Å². The van der Waals surface area contributed by atoms with Gasteiger partial charge in [-0.15, -0.1) is 6.58 Å². The second kappa shape index (κ2) is 7.24. The lowest BCUT2D eigenvalue weighted by Gasteiger charge is -2.13. The molecule has 0 fully saturated rings. The van der Waals surface area contributed by atoms with Crippen molar-refractivity contribution in [2.24, 2.45) is 0 Å². The Bertz CT molecular complexity index is 300. The van der Waals surface area contributed by atoms with E-state index in [1.165, 1.54) is 24.0 Å². The van der Waals surface area contributed by atoms with E-state index in [1.54, 1.807) is 0 Å². The van der Waals surface area contributed by atoms with Crippen LogP contribution in [-0.2, 0) is 6.54 Å². The van der Waals surface area contributed by atoms with Crippen molar-refractivity contribution in [2.45, 2.75) is 45.7 Å². The fraction of sp³-hybridized carbons (Fsp3) is 0.467. The SMILES string of the molecule is C=CCCCC(C)NCc1ccc(C)cc1. The lowest BCUT2D eigenvalue weighted by molar-refractivity contribution is 0.500. The van der Waals surface area contributed by atoms with Crippen molar-refractivity contribution < 1.29 is 0 Å². The Hall–Kier alpha value is -1.08. The number of benzene rings is 1. The van der Waals surface area contributed by atoms with E-state index in [0.717, 1.165) is 13.0 Å². The molecule has 0 aliphatic rings. The van der Waals surface area contributed by atoms with Gasteiger partial charge in [-0.05, 0) is 38.7 Å². The van der Waals surface area contributed by atoms with Crippen LogP contribution in [0.25, 0.3) is 0 Å². The first-order valence-electron chi connectivity index (χ1n) is 6.12. The molecule has 0 bridgehead atoms. The average molecular weight is 217 g/mol. The summed E-state index contributed by atoms with van der Waals surface area (Å²) in [7, 11) is 0. The van der Waals surface area contributed by atoms with Crippen molar-refractivity contribution in [1.82, 2.24) is 5.32 Å². The molecule has 16 heavy (non-hydrogen) atoms. The molecular weight excluding hydrogens is 194 g/mol. The number of allylic oxidation sites excluding steroid dienone is 1. The van der Waals surface area contributed by atoms with E-state index < -0.39 is 0 Å². The molecule has 0 aliphatic carbocycles. The van der Waals surface area contributed by atoms with E-state index >= 15 is 0 Å². The molecule has 0 heterocycles. The second-order valence-corrected chi connectivity index (χ2v) is 4.49. The van der Waals surface area contributed by atoms with Gasteiger partial charge in [0.2, 0.25) is 0 Å². The highest BCUT2D eigenvalue weighted by atomic mass is 14.9. The summed E-state index contributed by atoms with van der Waals surface area (Å²) in [5.74, 6) is 0. The molecule has 0 amide bonds. The van der Waals surface area contributed by atoms with Crippen molar-refractivity contribution in [1.29, 1.82) is 0 Å². The molecule has 88 valence electrons. The Morgan fingerprint density at radius 1 is 1.31 bits per heavy atom. The monoisotopic (exact) mass is 217 g/mol. The number of hydrogen-bond acceptors (Lipinski definition) is 1. The fourth-order valence-corrected chi connectivity index (χ4v) is 1.67. The molecule has 1 atom stereocenters. The largest absolute Gasteiger partial charge is 0.310 e. The quantitative estimate of drug-likeness (QED) is 0.540. The van der Waals surface area contributed by atoms with Crippen molar-refractivity contribution in [3.8, 4) is 0 Å². The highest BCUT2D eigenvalue weighted by molar-refractivity contribution is 5.21. The minimum Gasteiger partial charge on any atom is -0.310 e. The Balaban J connectivity index is 2.23. The van der Waals surface area contributed by atoms with Gasteiger partial charge in [0.05, 0.1) is 0 Å². The molecule has 0 spiro atoms. The van der Waals surface area contributed by atoms with Crippen molar-refractivity contribution >= 4 is 0 Å². The Morgan fingerprint density at radius 3 is 2.62 bits per heavy atom. The summed E-state index contributed by atoms with van der Waals surface area (Å²) >= 11 is 0. The maximum Gasteiger partial charge on any atom is 0.0207 e. The van der Waals surface area contributed by atoms with Crippen LogP contribution in [0, 0.1) is 6.92 Å². The average Bonchev–Trinajstić information content (AvgIpc) is 2.29. The van der Waals surface area contributed by atoms with Crippen LogP contribution in [0.5, 0.6) is 0 Å². The van der Waals surface area contributed by atoms with Gasteiger partial charge < -0.3 is 5.32 Å². The number of unbranched alkanes of at least 4 members (excludes halogenated alkanes) is 1. The zero-order chi connectivity index (χ0) is 11.8. The second-order valence-electron chi connectivity index (χ2n) is 4.49. The first-order chi connectivity index (χ1) is 7.72. The molecule has 0 saturated carbocycles. The van der Waals surface area contributed by atoms with E-state index in [1.807, 2.05) is 6.08 Å². The summed E-state index contributed by atoms with van der Waals surface area (Å²) in [4.78, 5) is 0. The molecule has 0 aromatic heterocycles. The maximum atomic E-state index is 3.74. The zero-order valence-electron chi connectivity index (χ0n) is 10.5. The smallest absolute Gasteiger partial charge is 0.0207 e. The summed E-state index contributed by atoms with van der Waals surface area (Å²) < 4.78 is 0. The number of hydrogen-bond donors (Lipinski definition) is 1. The van der Waals surface area contributed by atoms with E-state index in [2.05, 4.69) is 50.0 Å². The molecule has 0 aliphatic heterocycles. The van der Waals surface area contributed by atoms with Crippen LogP contribution in [0.3, 0.4) is 0 Å². The standard InChI is InChI=1S/C15H23N/c1-4-5-6-7-14(3)16-12-15-10-8-13(2)9-11-15/h4,8-11,14,16H,1,5-7,12H2,2-3H3. The van der Waals surface area contributed by atoms with Gasteiger partial charge in [-0.25, -0.2) is 0 Å². The highest BCUT2D eigenvalue weighted by Gasteiger charge is 2.00. The van der Waals surface area contributed by atoms with Crippen LogP contribution in [0.15, 0.2) is 36.9 Å². The van der Waals surface area contributed by atoms with Crippen molar-refractivity contribution in [3.63, 3.8) is 0 Å². The molecule has 1 unspecified atom stereocenters. The fourth-order valence-electron chi connectivity index (χ4n) is 1.67. The summed E-state index contributed by atoms with van der Waals surface area (Å²) in [5, 5.41) is 3.54. The van der Waals surface area contributed by atoms with Crippen molar-refractivity contribution in [3.05, 3.63) is 48.0 Å². The van der Waals surface area contributed by atoms with Gasteiger partial charge in [-0.1, -0.05) is 35.9 Å². The highest BCUT2D eigenvalue weighted by Crippen LogP contribution is 2.05. The van der Waals surface area contributed by atoms with Gasteiger partial charge in [0.1, 0.15) is 0 Å². The predicted octanol–water partition coefficient (Wildman–Crippen LogP) is 3.83. The number of aryl methyl sites for hydroxylation is 1. The number of rotatable bonds is 7. The normalized spacial score (nSPS) is 12.4. The molecule has 1 aromatic carbocycles. The first kappa shape index (κ1) is 13.0. The van der Waals surface area contributed by atoms with Crippen LogP contribution >= 0.6 is 0 Å². The summed E-state index contributed by atoms with van der Waals surface area (Å²) in [6.45, 7) is 9.07. The predicted molar refractivity (Wildman–Crippen MR) is 71.5 cm³/mol. The van der Waals surface area contributed by atoms with Crippen LogP contribution in [0.2, 0.25) is 0 Å². The van der Waals surface area contributed by atoms with Gasteiger partial charge in [-0.3, -0.25) is 0 Å². The van der Waals surface area contributed by atoms with Crippen LogP contribution in [-0.4, -0.2) is 6.04 Å². The summed E-state index contributed by atoms with van der Waals surface area (Å²) in [6.07, 6.45) is 5.56. The summed E-state index contributed by atoms with van der Waals surface area (Å²) in [5.41, 5.74) is 2.68. The zero-order valence-corrected chi connectivity index (χ0v) is 10.5. The number of nitrogens with one attached hydrogen (secondary N) is 1. The van der Waals surface area contributed by atoms with Crippen LogP contribution in [0.4, 0.5) is 0 Å². The van der Waals surface area contributed by atoms with Gasteiger partial charge in [0, 0.05) is 12.6 Å². The molecule has 0 saturated heterocycles. The lowest BCUT2D eigenvalue weighted by atomic mass is 10.1. The maximum absolute atomic E-state index is 3.74. The Kier molecular flexibility index (Phi) is 5.87. The van der Waals surface area contributed by atoms with Gasteiger partial charge in [-0.2, -0.15) is 0 Å². The molecule has 1 N–H and O–H groups in total. The third-order valence-corrected chi connectivity index (χ3v) is 2.82. The minimum atomic E-state index is 0.584. The topological polar surface area (TPSA) is 12.0 Å².